The second kappa shape index (κ2) is 8.36. The number of hydrogen-bond acceptors (Lipinski definition) is 4. The molecule has 0 spiro atoms. The van der Waals surface area contributed by atoms with Gasteiger partial charge in [-0.2, -0.15) is 9.97 Å². The van der Waals surface area contributed by atoms with Crippen LogP contribution in [-0.4, -0.2) is 29.5 Å². The fourth-order valence-electron chi connectivity index (χ4n) is 5.59. The molecular formula is C32H22N6O. The topological polar surface area (TPSA) is 92.2 Å². The van der Waals surface area contributed by atoms with E-state index in [0.717, 1.165) is 62.3 Å². The Morgan fingerprint density at radius 2 is 1.38 bits per heavy atom. The van der Waals surface area contributed by atoms with Crippen molar-refractivity contribution in [2.75, 3.05) is 0 Å². The molecule has 1 aliphatic carbocycles. The summed E-state index contributed by atoms with van der Waals surface area (Å²) in [5, 5.41) is 2.39. The predicted octanol–water partition coefficient (Wildman–Crippen LogP) is 6.69. The standard InChI is InChI=1S/C32H22N6O/c39-31-25-21-15-7-9-17-23(21)33-26(25)27-28(22-16-8-10-18-24(22)34-27)38(31)32-36-29(19-11-3-1-4-12-19)35-30(37-32)20-13-5-2-6-14-20/h1,3-5,7-18,33-34H,2,6H2. The first-order valence-corrected chi connectivity index (χ1v) is 13.0. The predicted molar refractivity (Wildman–Crippen MR) is 156 cm³/mol. The van der Waals surface area contributed by atoms with E-state index in [9.17, 15) is 4.79 Å². The summed E-state index contributed by atoms with van der Waals surface area (Å²) >= 11 is 0. The van der Waals surface area contributed by atoms with E-state index in [1.165, 1.54) is 0 Å². The van der Waals surface area contributed by atoms with Crippen LogP contribution < -0.4 is 5.56 Å². The molecule has 0 atom stereocenters. The second-order valence-corrected chi connectivity index (χ2v) is 9.74. The van der Waals surface area contributed by atoms with Crippen LogP contribution in [0.4, 0.5) is 0 Å². The molecule has 186 valence electrons. The van der Waals surface area contributed by atoms with Gasteiger partial charge in [0.25, 0.3) is 5.56 Å². The molecule has 1 aliphatic rings. The van der Waals surface area contributed by atoms with Crippen molar-refractivity contribution in [2.24, 2.45) is 0 Å². The van der Waals surface area contributed by atoms with Crippen molar-refractivity contribution in [1.82, 2.24) is 29.5 Å². The van der Waals surface area contributed by atoms with Crippen LogP contribution in [0.25, 0.3) is 66.7 Å². The van der Waals surface area contributed by atoms with Crippen molar-refractivity contribution in [3.05, 3.63) is 113 Å². The summed E-state index contributed by atoms with van der Waals surface area (Å²) in [4.78, 5) is 36.2. The number of fused-ring (bicyclic) bond motifs is 7. The smallest absolute Gasteiger partial charge is 0.268 e. The highest BCUT2D eigenvalue weighted by atomic mass is 16.1. The third-order valence-corrected chi connectivity index (χ3v) is 7.38. The maximum atomic E-state index is 14.5. The van der Waals surface area contributed by atoms with E-state index >= 15 is 0 Å². The normalized spacial score (nSPS) is 13.6. The van der Waals surface area contributed by atoms with Crippen molar-refractivity contribution >= 4 is 49.3 Å². The maximum Gasteiger partial charge on any atom is 0.268 e. The molecular weight excluding hydrogens is 484 g/mol. The second-order valence-electron chi connectivity index (χ2n) is 9.74. The minimum atomic E-state index is -0.177. The summed E-state index contributed by atoms with van der Waals surface area (Å²) in [5.74, 6) is 1.37. The van der Waals surface area contributed by atoms with Crippen LogP contribution in [0.1, 0.15) is 18.7 Å². The number of H-pyrrole nitrogens is 2. The van der Waals surface area contributed by atoms with Gasteiger partial charge in [-0.05, 0) is 25.0 Å². The SMILES string of the molecule is O=c1c2c3ccccc3[nH]c2c2[nH]c3ccccc3c2n1-c1nc(C2=CCCC=C2)nc(-c2ccccc2)n1. The van der Waals surface area contributed by atoms with Gasteiger partial charge >= 0.3 is 0 Å². The Kier molecular flexibility index (Phi) is 4.66. The van der Waals surface area contributed by atoms with E-state index in [4.69, 9.17) is 15.0 Å². The average Bonchev–Trinajstić information content (AvgIpc) is 3.58. The summed E-state index contributed by atoms with van der Waals surface area (Å²) < 4.78 is 1.65. The molecule has 0 radical (unpaired) electrons. The number of benzene rings is 3. The van der Waals surface area contributed by atoms with Gasteiger partial charge < -0.3 is 9.97 Å². The molecule has 3 aromatic carbocycles. The molecule has 0 fully saturated rings. The van der Waals surface area contributed by atoms with Gasteiger partial charge in [-0.1, -0.05) is 85.0 Å². The van der Waals surface area contributed by atoms with E-state index in [1.54, 1.807) is 4.57 Å². The van der Waals surface area contributed by atoms with Crippen molar-refractivity contribution in [2.45, 2.75) is 12.8 Å². The lowest BCUT2D eigenvalue weighted by Gasteiger charge is -2.13. The Hall–Kier alpha value is -5.30. The van der Waals surface area contributed by atoms with E-state index in [-0.39, 0.29) is 5.56 Å². The lowest BCUT2D eigenvalue weighted by molar-refractivity contribution is 0.891. The van der Waals surface area contributed by atoms with Crippen molar-refractivity contribution in [1.29, 1.82) is 0 Å². The van der Waals surface area contributed by atoms with Crippen molar-refractivity contribution in [3.8, 4) is 17.3 Å². The molecule has 4 heterocycles. The number of rotatable bonds is 3. The number of aromatic nitrogens is 6. The molecule has 0 amide bonds. The molecule has 4 aromatic heterocycles. The summed E-state index contributed by atoms with van der Waals surface area (Å²) in [6, 6.07) is 25.7. The van der Waals surface area contributed by atoms with Crippen LogP contribution in [-0.2, 0) is 0 Å². The van der Waals surface area contributed by atoms with Crippen LogP contribution in [0, 0.1) is 0 Å². The van der Waals surface area contributed by atoms with Crippen LogP contribution in [0.2, 0.25) is 0 Å². The molecule has 0 bridgehead atoms. The Bertz CT molecular complexity index is 2200. The monoisotopic (exact) mass is 506 g/mol. The molecule has 7 nitrogen and oxygen atoms in total. The zero-order chi connectivity index (χ0) is 25.9. The Labute approximate surface area is 222 Å². The summed E-state index contributed by atoms with van der Waals surface area (Å²) in [5.41, 5.74) is 5.80. The molecule has 0 aliphatic heterocycles. The molecule has 0 unspecified atom stereocenters. The first-order chi connectivity index (χ1) is 19.3. The van der Waals surface area contributed by atoms with E-state index in [2.05, 4.69) is 22.1 Å². The van der Waals surface area contributed by atoms with Crippen molar-refractivity contribution < 1.29 is 0 Å². The first kappa shape index (κ1) is 21.8. The van der Waals surface area contributed by atoms with Gasteiger partial charge in [0.15, 0.2) is 11.6 Å². The molecule has 7 aromatic rings. The van der Waals surface area contributed by atoms with Gasteiger partial charge in [0.1, 0.15) is 0 Å². The summed E-state index contributed by atoms with van der Waals surface area (Å²) in [6.07, 6.45) is 8.22. The lowest BCUT2D eigenvalue weighted by Crippen LogP contribution is -2.22. The number of nitrogens with zero attached hydrogens (tertiary/aromatic N) is 4. The average molecular weight is 507 g/mol. The Balaban J connectivity index is 1.55. The third-order valence-electron chi connectivity index (χ3n) is 7.38. The number of aromatic amines is 2. The number of allylic oxidation sites excluding steroid dienone is 4. The Morgan fingerprint density at radius 3 is 2.18 bits per heavy atom. The molecule has 7 heteroatoms. The minimum absolute atomic E-state index is 0.177. The highest BCUT2D eigenvalue weighted by Gasteiger charge is 2.23. The van der Waals surface area contributed by atoms with Gasteiger partial charge in [-0.15, -0.1) is 0 Å². The maximum absolute atomic E-state index is 14.5. The number of para-hydroxylation sites is 2. The number of hydrogen-bond donors (Lipinski definition) is 2. The zero-order valence-corrected chi connectivity index (χ0v) is 20.8. The summed E-state index contributed by atoms with van der Waals surface area (Å²) in [7, 11) is 0. The molecule has 8 rings (SSSR count). The largest absolute Gasteiger partial charge is 0.353 e. The van der Waals surface area contributed by atoms with Crippen molar-refractivity contribution in [3.63, 3.8) is 0 Å². The molecule has 39 heavy (non-hydrogen) atoms. The lowest BCUT2D eigenvalue weighted by atomic mass is 10.1. The fourth-order valence-corrected chi connectivity index (χ4v) is 5.59. The zero-order valence-electron chi connectivity index (χ0n) is 20.8. The van der Waals surface area contributed by atoms with Gasteiger partial charge in [0.2, 0.25) is 5.95 Å². The minimum Gasteiger partial charge on any atom is -0.353 e. The van der Waals surface area contributed by atoms with Gasteiger partial charge in [0.05, 0.1) is 21.9 Å². The van der Waals surface area contributed by atoms with E-state index in [1.807, 2.05) is 84.9 Å². The first-order valence-electron chi connectivity index (χ1n) is 13.0. The molecule has 0 saturated heterocycles. The van der Waals surface area contributed by atoms with Gasteiger partial charge in [-0.25, -0.2) is 9.55 Å². The van der Waals surface area contributed by atoms with E-state index in [0.29, 0.717) is 23.0 Å². The molecule has 2 N–H and O–H groups in total. The fraction of sp³-hybridized carbons (Fsp3) is 0.0625. The van der Waals surface area contributed by atoms with Crippen LogP contribution in [0.15, 0.2) is 102 Å². The Morgan fingerprint density at radius 1 is 0.692 bits per heavy atom. The van der Waals surface area contributed by atoms with Crippen LogP contribution >= 0.6 is 0 Å². The van der Waals surface area contributed by atoms with Gasteiger partial charge in [0, 0.05) is 32.9 Å². The van der Waals surface area contributed by atoms with Gasteiger partial charge in [-0.3, -0.25) is 4.79 Å². The van der Waals surface area contributed by atoms with Crippen LogP contribution in [0.3, 0.4) is 0 Å². The highest BCUT2D eigenvalue weighted by molar-refractivity contribution is 6.20. The highest BCUT2D eigenvalue weighted by Crippen LogP contribution is 2.34. The van der Waals surface area contributed by atoms with E-state index < -0.39 is 0 Å². The number of pyridine rings is 1. The third kappa shape index (κ3) is 3.30. The summed E-state index contributed by atoms with van der Waals surface area (Å²) in [6.45, 7) is 0. The molecule has 0 saturated carbocycles. The number of nitrogens with one attached hydrogen (secondary N) is 2. The quantitative estimate of drug-likeness (QED) is 0.279. The van der Waals surface area contributed by atoms with Crippen LogP contribution in [0.5, 0.6) is 0 Å².